The number of nitrogens with two attached hydrogens (primary N) is 1. The van der Waals surface area contributed by atoms with Gasteiger partial charge >= 0.3 is 0 Å². The van der Waals surface area contributed by atoms with Crippen LogP contribution in [-0.2, 0) is 4.79 Å². The Morgan fingerprint density at radius 1 is 1.48 bits per heavy atom. The van der Waals surface area contributed by atoms with Crippen LogP contribution >= 0.6 is 23.1 Å². The van der Waals surface area contributed by atoms with Gasteiger partial charge in [0.25, 0.3) is 0 Å². The highest BCUT2D eigenvalue weighted by Crippen LogP contribution is 2.65. The van der Waals surface area contributed by atoms with E-state index in [0.717, 1.165) is 16.7 Å². The lowest BCUT2D eigenvalue weighted by atomic mass is 9.69. The zero-order valence-electron chi connectivity index (χ0n) is 12.7. The Morgan fingerprint density at radius 3 is 2.76 bits per heavy atom. The molecule has 1 aromatic rings. The molecule has 0 radical (unpaired) electrons. The zero-order valence-corrected chi connectivity index (χ0v) is 14.3. The SMILES string of the molecule is CC1(C)[C@H]2CC[C@@]1(C)[C@H](NC(=O)CSc1nnc(N)s1)C2. The molecule has 0 saturated heterocycles. The highest BCUT2D eigenvalue weighted by molar-refractivity contribution is 8.01. The average molecular weight is 326 g/mol. The van der Waals surface area contributed by atoms with Crippen molar-refractivity contribution in [2.45, 2.75) is 50.4 Å². The number of nitrogen functional groups attached to an aromatic ring is 1. The molecule has 1 heterocycles. The number of nitrogens with zero attached hydrogens (tertiary/aromatic N) is 2. The Balaban J connectivity index is 1.56. The van der Waals surface area contributed by atoms with Crippen molar-refractivity contribution in [1.29, 1.82) is 0 Å². The van der Waals surface area contributed by atoms with E-state index < -0.39 is 0 Å². The van der Waals surface area contributed by atoms with Crippen molar-refractivity contribution < 1.29 is 4.79 Å². The van der Waals surface area contributed by atoms with E-state index in [1.165, 1.54) is 35.9 Å². The van der Waals surface area contributed by atoms with Gasteiger partial charge in [-0.15, -0.1) is 10.2 Å². The van der Waals surface area contributed by atoms with Gasteiger partial charge in [0, 0.05) is 6.04 Å². The van der Waals surface area contributed by atoms with E-state index in [4.69, 9.17) is 5.73 Å². The molecule has 7 heteroatoms. The summed E-state index contributed by atoms with van der Waals surface area (Å²) in [5.74, 6) is 1.21. The van der Waals surface area contributed by atoms with Crippen LogP contribution in [0.2, 0.25) is 0 Å². The van der Waals surface area contributed by atoms with Crippen molar-refractivity contribution >= 4 is 34.1 Å². The van der Waals surface area contributed by atoms with Crippen LogP contribution in [0.1, 0.15) is 40.0 Å². The lowest BCUT2D eigenvalue weighted by Crippen LogP contribution is -2.47. The third-order valence-electron chi connectivity index (χ3n) is 5.88. The highest BCUT2D eigenvalue weighted by atomic mass is 32.2. The molecule has 0 aliphatic heterocycles. The normalized spacial score (nSPS) is 33.3. The number of hydrogen-bond donors (Lipinski definition) is 2. The van der Waals surface area contributed by atoms with Gasteiger partial charge in [0.15, 0.2) is 4.34 Å². The van der Waals surface area contributed by atoms with Crippen LogP contribution in [-0.4, -0.2) is 27.9 Å². The van der Waals surface area contributed by atoms with Crippen molar-refractivity contribution in [1.82, 2.24) is 15.5 Å². The topological polar surface area (TPSA) is 80.9 Å². The fourth-order valence-corrected chi connectivity index (χ4v) is 5.51. The molecule has 116 valence electrons. The van der Waals surface area contributed by atoms with Crippen molar-refractivity contribution in [3.05, 3.63) is 0 Å². The Morgan fingerprint density at radius 2 is 2.24 bits per heavy atom. The summed E-state index contributed by atoms with van der Waals surface area (Å²) in [4.78, 5) is 12.2. The summed E-state index contributed by atoms with van der Waals surface area (Å²) in [6.45, 7) is 7.05. The minimum Gasteiger partial charge on any atom is -0.374 e. The molecule has 2 aliphatic rings. The second kappa shape index (κ2) is 5.12. The lowest BCUT2D eigenvalue weighted by molar-refractivity contribution is -0.120. The number of carbonyl (C=O) groups is 1. The van der Waals surface area contributed by atoms with Gasteiger partial charge in [-0.25, -0.2) is 0 Å². The number of nitrogens with one attached hydrogen (secondary N) is 1. The van der Waals surface area contributed by atoms with E-state index in [0.29, 0.717) is 22.3 Å². The number of amides is 1. The van der Waals surface area contributed by atoms with Crippen LogP contribution in [0.4, 0.5) is 5.13 Å². The smallest absolute Gasteiger partial charge is 0.230 e. The van der Waals surface area contributed by atoms with Gasteiger partial charge in [-0.2, -0.15) is 0 Å². The predicted molar refractivity (Wildman–Crippen MR) is 86.2 cm³/mol. The lowest BCUT2D eigenvalue weighted by Gasteiger charge is -2.39. The van der Waals surface area contributed by atoms with Crippen LogP contribution < -0.4 is 11.1 Å². The number of fused-ring (bicyclic) bond motifs is 2. The van der Waals surface area contributed by atoms with E-state index in [1.807, 2.05) is 0 Å². The molecule has 0 unspecified atom stereocenters. The van der Waals surface area contributed by atoms with Gasteiger partial charge < -0.3 is 11.1 Å². The maximum atomic E-state index is 12.2. The van der Waals surface area contributed by atoms with Crippen molar-refractivity contribution in [3.63, 3.8) is 0 Å². The molecule has 2 bridgehead atoms. The van der Waals surface area contributed by atoms with E-state index in [1.54, 1.807) is 0 Å². The molecule has 0 spiro atoms. The maximum Gasteiger partial charge on any atom is 0.230 e. The van der Waals surface area contributed by atoms with E-state index in [2.05, 4.69) is 36.3 Å². The Kier molecular flexibility index (Phi) is 3.68. The second-order valence-electron chi connectivity index (χ2n) is 6.93. The number of aromatic nitrogens is 2. The van der Waals surface area contributed by atoms with Crippen LogP contribution in [0, 0.1) is 16.7 Å². The molecule has 2 saturated carbocycles. The summed E-state index contributed by atoms with van der Waals surface area (Å²) >= 11 is 2.73. The van der Waals surface area contributed by atoms with Gasteiger partial charge in [0.05, 0.1) is 5.75 Å². The molecule has 3 atom stereocenters. The van der Waals surface area contributed by atoms with Crippen molar-refractivity contribution in [2.24, 2.45) is 16.7 Å². The van der Waals surface area contributed by atoms with Gasteiger partial charge in [-0.3, -0.25) is 4.79 Å². The Bertz CT molecular complexity index is 559. The van der Waals surface area contributed by atoms with Crippen molar-refractivity contribution in [2.75, 3.05) is 11.5 Å². The number of hydrogen-bond acceptors (Lipinski definition) is 6. The summed E-state index contributed by atoms with van der Waals surface area (Å²) in [6.07, 6.45) is 3.63. The molecule has 1 amide bonds. The molecule has 2 aliphatic carbocycles. The molecule has 0 aromatic carbocycles. The number of carbonyl (C=O) groups excluding carboxylic acids is 1. The van der Waals surface area contributed by atoms with Gasteiger partial charge in [0.1, 0.15) is 0 Å². The van der Waals surface area contributed by atoms with E-state index in [9.17, 15) is 4.79 Å². The first kappa shape index (κ1) is 15.1. The molecule has 2 fully saturated rings. The number of thioether (sulfide) groups is 1. The monoisotopic (exact) mass is 326 g/mol. The molecular formula is C14H22N4OS2. The van der Waals surface area contributed by atoms with Crippen LogP contribution in [0.3, 0.4) is 0 Å². The van der Waals surface area contributed by atoms with E-state index in [-0.39, 0.29) is 11.3 Å². The molecule has 3 N–H and O–H groups in total. The molecule has 3 rings (SSSR count). The highest BCUT2D eigenvalue weighted by Gasteiger charge is 2.61. The van der Waals surface area contributed by atoms with Crippen molar-refractivity contribution in [3.8, 4) is 0 Å². The zero-order chi connectivity index (χ0) is 15.3. The Labute approximate surface area is 133 Å². The summed E-state index contributed by atoms with van der Waals surface area (Å²) in [5.41, 5.74) is 6.09. The number of rotatable bonds is 4. The van der Waals surface area contributed by atoms with Gasteiger partial charge in [-0.05, 0) is 36.0 Å². The summed E-state index contributed by atoms with van der Waals surface area (Å²) in [7, 11) is 0. The fraction of sp³-hybridized carbons (Fsp3) is 0.786. The largest absolute Gasteiger partial charge is 0.374 e. The minimum atomic E-state index is 0.0864. The first-order chi connectivity index (χ1) is 9.83. The number of anilines is 1. The third kappa shape index (κ3) is 2.44. The average Bonchev–Trinajstić information content (AvgIpc) is 2.98. The van der Waals surface area contributed by atoms with Crippen LogP contribution in [0.15, 0.2) is 4.34 Å². The fourth-order valence-electron chi connectivity index (χ4n) is 4.06. The molecule has 5 nitrogen and oxygen atoms in total. The maximum absolute atomic E-state index is 12.2. The van der Waals surface area contributed by atoms with E-state index >= 15 is 0 Å². The first-order valence-electron chi connectivity index (χ1n) is 7.34. The van der Waals surface area contributed by atoms with Crippen LogP contribution in [0.5, 0.6) is 0 Å². The third-order valence-corrected chi connectivity index (χ3v) is 7.76. The second-order valence-corrected chi connectivity index (χ2v) is 9.16. The quantitative estimate of drug-likeness (QED) is 0.831. The summed E-state index contributed by atoms with van der Waals surface area (Å²) < 4.78 is 0.752. The molecular weight excluding hydrogens is 304 g/mol. The Hall–Kier alpha value is -0.820. The predicted octanol–water partition coefficient (Wildman–Crippen LogP) is 2.54. The summed E-state index contributed by atoms with van der Waals surface area (Å²) in [5, 5.41) is 11.4. The van der Waals surface area contributed by atoms with Crippen LogP contribution in [0.25, 0.3) is 0 Å². The first-order valence-corrected chi connectivity index (χ1v) is 9.14. The molecule has 21 heavy (non-hydrogen) atoms. The standard InChI is InChI=1S/C14H22N4OS2/c1-13(2)8-4-5-14(13,3)9(6-8)16-10(19)7-20-12-18-17-11(15)21-12/h8-9H,4-7H2,1-3H3,(H2,15,17)(H,16,19)/t8-,9+,14-/m0/s1. The van der Waals surface area contributed by atoms with Gasteiger partial charge in [0.2, 0.25) is 11.0 Å². The minimum absolute atomic E-state index is 0.0864. The molecule has 1 aromatic heterocycles. The van der Waals surface area contributed by atoms with Gasteiger partial charge in [-0.1, -0.05) is 43.9 Å². The summed E-state index contributed by atoms with van der Waals surface area (Å²) in [6, 6.07) is 0.304.